The number of thioether (sulfide) groups is 1. The normalized spacial score (nSPS) is 12.1. The van der Waals surface area contributed by atoms with Gasteiger partial charge in [-0.25, -0.2) is 4.98 Å². The predicted molar refractivity (Wildman–Crippen MR) is 111 cm³/mol. The van der Waals surface area contributed by atoms with Crippen LogP contribution in [0.15, 0.2) is 72.1 Å². The number of anilines is 1. The van der Waals surface area contributed by atoms with Crippen molar-refractivity contribution in [3.05, 3.63) is 78.2 Å². The van der Waals surface area contributed by atoms with Crippen molar-refractivity contribution in [1.29, 1.82) is 0 Å². The molecule has 0 bridgehead atoms. The molecule has 0 fully saturated rings. The lowest BCUT2D eigenvalue weighted by atomic mass is 10.1. The van der Waals surface area contributed by atoms with Crippen LogP contribution in [0.4, 0.5) is 5.69 Å². The molecule has 28 heavy (non-hydrogen) atoms. The molecule has 2 aromatic heterocycles. The molecule has 140 valence electrons. The Bertz CT molecular complexity index is 1140. The van der Waals surface area contributed by atoms with E-state index in [0.717, 1.165) is 27.3 Å². The van der Waals surface area contributed by atoms with Crippen LogP contribution in [0, 0.1) is 0 Å². The number of amides is 1. The molecule has 0 aliphatic heterocycles. The van der Waals surface area contributed by atoms with Gasteiger partial charge in [0.05, 0.1) is 5.52 Å². The minimum atomic E-state index is -0.225. The average Bonchev–Trinajstić information content (AvgIpc) is 3.12. The van der Waals surface area contributed by atoms with E-state index in [1.54, 1.807) is 24.2 Å². The second-order valence-electron chi connectivity index (χ2n) is 6.45. The minimum absolute atomic E-state index is 0.165. The van der Waals surface area contributed by atoms with Gasteiger partial charge in [0, 0.05) is 23.4 Å². The summed E-state index contributed by atoms with van der Waals surface area (Å²) in [6.07, 6.45) is 1.68. The number of nitrogens with zero attached hydrogens (tertiary/aromatic N) is 4. The first-order chi connectivity index (χ1) is 13.6. The Balaban J connectivity index is 1.50. The third-order valence-corrected chi connectivity index (χ3v) is 5.60. The van der Waals surface area contributed by atoms with E-state index in [1.807, 2.05) is 66.2 Å². The number of carbonyl (C=O) groups is 1. The average molecular weight is 389 g/mol. The highest BCUT2D eigenvalue weighted by molar-refractivity contribution is 7.99. The quantitative estimate of drug-likeness (QED) is 0.510. The van der Waals surface area contributed by atoms with Gasteiger partial charge in [0.15, 0.2) is 5.16 Å². The number of hydrogen-bond donors (Lipinski definition) is 1. The summed E-state index contributed by atoms with van der Waals surface area (Å²) in [6, 6.07) is 19.2. The number of benzene rings is 2. The number of carbonyl (C=O) groups excluding carboxylic acids is 1. The molecule has 0 aliphatic rings. The molecule has 1 atom stereocenters. The van der Waals surface area contributed by atoms with Gasteiger partial charge >= 0.3 is 0 Å². The van der Waals surface area contributed by atoms with E-state index in [1.165, 1.54) is 0 Å². The van der Waals surface area contributed by atoms with Crippen LogP contribution in [-0.2, 0) is 7.05 Å². The molecule has 1 amide bonds. The van der Waals surface area contributed by atoms with Gasteiger partial charge in [-0.15, -0.1) is 10.2 Å². The van der Waals surface area contributed by atoms with E-state index >= 15 is 0 Å². The fraction of sp³-hybridized carbons (Fsp3) is 0.143. The first-order valence-electron chi connectivity index (χ1n) is 8.88. The molecular formula is C21H19N5OS. The van der Waals surface area contributed by atoms with Crippen molar-refractivity contribution in [1.82, 2.24) is 19.7 Å². The number of hydrogen-bond acceptors (Lipinski definition) is 5. The van der Waals surface area contributed by atoms with Crippen molar-refractivity contribution < 1.29 is 4.79 Å². The molecule has 4 aromatic rings. The molecule has 7 heteroatoms. The Kier molecular flexibility index (Phi) is 5.08. The van der Waals surface area contributed by atoms with Crippen LogP contribution in [0.1, 0.15) is 28.2 Å². The zero-order valence-electron chi connectivity index (χ0n) is 15.5. The van der Waals surface area contributed by atoms with Crippen LogP contribution in [0.3, 0.4) is 0 Å². The standard InChI is InChI=1S/C21H19N5OS/c1-14(28-21-25-22-13-26(21)2)16-7-5-8-17(12-16)23-20(27)19-11-10-15-6-3-4-9-18(15)24-19/h3-14H,1-2H3,(H,23,27)/t14-/m1/s1. The zero-order valence-corrected chi connectivity index (χ0v) is 16.4. The first-order valence-corrected chi connectivity index (χ1v) is 9.76. The molecule has 0 saturated heterocycles. The Labute approximate surface area is 167 Å². The maximum absolute atomic E-state index is 12.6. The Morgan fingerprint density at radius 1 is 1.11 bits per heavy atom. The van der Waals surface area contributed by atoms with Gasteiger partial charge in [-0.2, -0.15) is 0 Å². The lowest BCUT2D eigenvalue weighted by molar-refractivity contribution is 0.102. The third-order valence-electron chi connectivity index (χ3n) is 4.40. The molecule has 6 nitrogen and oxygen atoms in total. The van der Waals surface area contributed by atoms with Crippen LogP contribution < -0.4 is 5.32 Å². The Hall–Kier alpha value is -3.19. The van der Waals surface area contributed by atoms with Crippen LogP contribution in [0.2, 0.25) is 0 Å². The minimum Gasteiger partial charge on any atom is -0.321 e. The Morgan fingerprint density at radius 2 is 1.96 bits per heavy atom. The number of rotatable bonds is 5. The maximum Gasteiger partial charge on any atom is 0.274 e. The number of para-hydroxylation sites is 1. The van der Waals surface area contributed by atoms with Crippen molar-refractivity contribution >= 4 is 34.3 Å². The molecule has 2 aromatic carbocycles. The van der Waals surface area contributed by atoms with Crippen LogP contribution >= 0.6 is 11.8 Å². The highest BCUT2D eigenvalue weighted by Gasteiger charge is 2.13. The van der Waals surface area contributed by atoms with Crippen molar-refractivity contribution in [3.63, 3.8) is 0 Å². The molecule has 0 unspecified atom stereocenters. The lowest BCUT2D eigenvalue weighted by Crippen LogP contribution is -2.13. The van der Waals surface area contributed by atoms with Crippen LogP contribution in [0.5, 0.6) is 0 Å². The van der Waals surface area contributed by atoms with E-state index in [2.05, 4.69) is 27.4 Å². The lowest BCUT2D eigenvalue weighted by Gasteiger charge is -2.13. The maximum atomic E-state index is 12.6. The zero-order chi connectivity index (χ0) is 19.5. The van der Waals surface area contributed by atoms with Crippen LogP contribution in [-0.4, -0.2) is 25.7 Å². The fourth-order valence-corrected chi connectivity index (χ4v) is 3.77. The summed E-state index contributed by atoms with van der Waals surface area (Å²) in [5, 5.41) is 13.0. The van der Waals surface area contributed by atoms with Crippen LogP contribution in [0.25, 0.3) is 10.9 Å². The fourth-order valence-electron chi connectivity index (χ4n) is 2.86. The van der Waals surface area contributed by atoms with Crippen molar-refractivity contribution in [2.24, 2.45) is 7.05 Å². The second kappa shape index (κ2) is 7.82. The van der Waals surface area contributed by atoms with E-state index in [0.29, 0.717) is 5.69 Å². The smallest absolute Gasteiger partial charge is 0.274 e. The first kappa shape index (κ1) is 18.2. The number of pyridine rings is 1. The van der Waals surface area contributed by atoms with Crippen molar-refractivity contribution in [2.45, 2.75) is 17.3 Å². The summed E-state index contributed by atoms with van der Waals surface area (Å²) in [6.45, 7) is 2.10. The van der Waals surface area contributed by atoms with E-state index < -0.39 is 0 Å². The predicted octanol–water partition coefficient (Wildman–Crippen LogP) is 4.47. The van der Waals surface area contributed by atoms with Gasteiger partial charge in [-0.1, -0.05) is 48.2 Å². The number of aromatic nitrogens is 4. The van der Waals surface area contributed by atoms with Gasteiger partial charge < -0.3 is 9.88 Å². The monoisotopic (exact) mass is 389 g/mol. The van der Waals surface area contributed by atoms with E-state index in [-0.39, 0.29) is 11.2 Å². The molecular weight excluding hydrogens is 370 g/mol. The molecule has 0 saturated carbocycles. The molecule has 0 aliphatic carbocycles. The van der Waals surface area contributed by atoms with E-state index in [4.69, 9.17) is 0 Å². The van der Waals surface area contributed by atoms with E-state index in [9.17, 15) is 4.79 Å². The van der Waals surface area contributed by atoms with Gasteiger partial charge in [0.2, 0.25) is 0 Å². The Morgan fingerprint density at radius 3 is 2.79 bits per heavy atom. The summed E-state index contributed by atoms with van der Waals surface area (Å²) in [7, 11) is 1.92. The molecule has 4 rings (SSSR count). The van der Waals surface area contributed by atoms with Gasteiger partial charge in [0.25, 0.3) is 5.91 Å². The molecule has 1 N–H and O–H groups in total. The highest BCUT2D eigenvalue weighted by atomic mass is 32.2. The third kappa shape index (κ3) is 3.89. The summed E-state index contributed by atoms with van der Waals surface area (Å²) in [4.78, 5) is 17.1. The summed E-state index contributed by atoms with van der Waals surface area (Å²) < 4.78 is 1.89. The topological polar surface area (TPSA) is 72.7 Å². The number of nitrogens with one attached hydrogen (secondary N) is 1. The molecule has 0 radical (unpaired) electrons. The molecule has 2 heterocycles. The summed E-state index contributed by atoms with van der Waals surface area (Å²) in [5.74, 6) is -0.225. The SMILES string of the molecule is C[C@@H](Sc1nncn1C)c1cccc(NC(=O)c2ccc3ccccc3n2)c1. The van der Waals surface area contributed by atoms with Gasteiger partial charge in [-0.05, 0) is 36.8 Å². The number of aryl methyl sites for hydroxylation is 1. The van der Waals surface area contributed by atoms with Crippen molar-refractivity contribution in [2.75, 3.05) is 5.32 Å². The van der Waals surface area contributed by atoms with Gasteiger partial charge in [0.1, 0.15) is 12.0 Å². The number of fused-ring (bicyclic) bond motifs is 1. The molecule has 0 spiro atoms. The summed E-state index contributed by atoms with van der Waals surface area (Å²) in [5.41, 5.74) is 3.03. The highest BCUT2D eigenvalue weighted by Crippen LogP contribution is 2.34. The largest absolute Gasteiger partial charge is 0.321 e. The van der Waals surface area contributed by atoms with Gasteiger partial charge in [-0.3, -0.25) is 4.79 Å². The van der Waals surface area contributed by atoms with Crippen molar-refractivity contribution in [3.8, 4) is 0 Å². The summed E-state index contributed by atoms with van der Waals surface area (Å²) >= 11 is 1.62. The second-order valence-corrected chi connectivity index (χ2v) is 7.76.